The maximum absolute atomic E-state index is 11.2. The van der Waals surface area contributed by atoms with Crippen molar-refractivity contribution in [3.05, 3.63) is 22.8 Å². The number of nitrogen functional groups attached to an aromatic ring is 1. The molecule has 4 nitrogen and oxygen atoms in total. The van der Waals surface area contributed by atoms with Crippen molar-refractivity contribution in [3.63, 3.8) is 0 Å². The second-order valence-corrected chi connectivity index (χ2v) is 3.97. The van der Waals surface area contributed by atoms with Crippen LogP contribution in [0.5, 0.6) is 5.75 Å². The van der Waals surface area contributed by atoms with E-state index in [1.54, 1.807) is 6.92 Å². The molecule has 0 amide bonds. The lowest BCUT2D eigenvalue weighted by molar-refractivity contribution is -0.145. The average molecular weight is 237 g/mol. The quantitative estimate of drug-likeness (QED) is 0.643. The molecule has 94 valence electrons. The fourth-order valence-corrected chi connectivity index (χ4v) is 1.74. The van der Waals surface area contributed by atoms with Gasteiger partial charge in [0.25, 0.3) is 0 Å². The Bertz CT molecular complexity index is 427. The molecule has 0 aliphatic rings. The first kappa shape index (κ1) is 13.4. The second kappa shape index (κ2) is 5.57. The van der Waals surface area contributed by atoms with Crippen molar-refractivity contribution in [2.45, 2.75) is 27.7 Å². The first-order valence-corrected chi connectivity index (χ1v) is 5.62. The van der Waals surface area contributed by atoms with Gasteiger partial charge in [0.15, 0.2) is 6.61 Å². The molecular weight excluding hydrogens is 218 g/mol. The number of hydrogen-bond donors (Lipinski definition) is 1. The highest BCUT2D eigenvalue weighted by Gasteiger charge is 2.11. The smallest absolute Gasteiger partial charge is 0.344 e. The molecule has 0 unspecified atom stereocenters. The lowest BCUT2D eigenvalue weighted by Crippen LogP contribution is -2.15. The van der Waals surface area contributed by atoms with Gasteiger partial charge in [-0.3, -0.25) is 0 Å². The van der Waals surface area contributed by atoms with Crippen molar-refractivity contribution >= 4 is 11.7 Å². The normalized spacial score (nSPS) is 10.1. The molecule has 0 fully saturated rings. The molecule has 4 heteroatoms. The number of hydrogen-bond acceptors (Lipinski definition) is 4. The Balaban J connectivity index is 2.85. The average Bonchev–Trinajstić information content (AvgIpc) is 2.26. The summed E-state index contributed by atoms with van der Waals surface area (Å²) in [7, 11) is 0. The summed E-state index contributed by atoms with van der Waals surface area (Å²) in [6, 6.07) is 1.95. The van der Waals surface area contributed by atoms with Crippen LogP contribution in [-0.2, 0) is 9.53 Å². The van der Waals surface area contributed by atoms with Gasteiger partial charge < -0.3 is 15.2 Å². The van der Waals surface area contributed by atoms with E-state index in [2.05, 4.69) is 0 Å². The molecule has 1 rings (SSSR count). The van der Waals surface area contributed by atoms with Crippen molar-refractivity contribution in [1.82, 2.24) is 0 Å². The van der Waals surface area contributed by atoms with Gasteiger partial charge in [0.2, 0.25) is 0 Å². The highest BCUT2D eigenvalue weighted by Crippen LogP contribution is 2.30. The predicted molar refractivity (Wildman–Crippen MR) is 67.2 cm³/mol. The van der Waals surface area contributed by atoms with Gasteiger partial charge in [-0.15, -0.1) is 0 Å². The summed E-state index contributed by atoms with van der Waals surface area (Å²) >= 11 is 0. The SMILES string of the molecule is CCOC(=O)COc1c(C)cc(C)c(N)c1C. The van der Waals surface area contributed by atoms with E-state index in [0.29, 0.717) is 18.0 Å². The summed E-state index contributed by atoms with van der Waals surface area (Å²) in [6.07, 6.45) is 0. The lowest BCUT2D eigenvalue weighted by Gasteiger charge is -2.15. The van der Waals surface area contributed by atoms with Gasteiger partial charge in [0, 0.05) is 11.3 Å². The van der Waals surface area contributed by atoms with Crippen LogP contribution in [0.4, 0.5) is 5.69 Å². The van der Waals surface area contributed by atoms with Crippen LogP contribution < -0.4 is 10.5 Å². The molecular formula is C13H19NO3. The van der Waals surface area contributed by atoms with E-state index >= 15 is 0 Å². The summed E-state index contributed by atoms with van der Waals surface area (Å²) in [6.45, 7) is 7.80. The minimum Gasteiger partial charge on any atom is -0.481 e. The van der Waals surface area contributed by atoms with Crippen molar-refractivity contribution < 1.29 is 14.3 Å². The molecule has 17 heavy (non-hydrogen) atoms. The number of anilines is 1. The Labute approximate surface area is 102 Å². The number of carbonyl (C=O) groups excluding carboxylic acids is 1. The van der Waals surface area contributed by atoms with Gasteiger partial charge in [-0.2, -0.15) is 0 Å². The van der Waals surface area contributed by atoms with Gasteiger partial charge in [0.1, 0.15) is 5.75 Å². The third-order valence-electron chi connectivity index (χ3n) is 2.60. The summed E-state index contributed by atoms with van der Waals surface area (Å²) in [4.78, 5) is 11.2. The molecule has 0 heterocycles. The zero-order chi connectivity index (χ0) is 13.0. The van der Waals surface area contributed by atoms with Crippen LogP contribution in [0.1, 0.15) is 23.6 Å². The molecule has 0 bridgehead atoms. The van der Waals surface area contributed by atoms with Gasteiger partial charge in [-0.05, 0) is 38.8 Å². The minimum absolute atomic E-state index is 0.0853. The molecule has 0 saturated heterocycles. The van der Waals surface area contributed by atoms with E-state index < -0.39 is 0 Å². The highest BCUT2D eigenvalue weighted by atomic mass is 16.6. The third-order valence-corrected chi connectivity index (χ3v) is 2.60. The summed E-state index contributed by atoms with van der Waals surface area (Å²) in [5, 5.41) is 0. The third kappa shape index (κ3) is 3.12. The van der Waals surface area contributed by atoms with Crippen LogP contribution in [0, 0.1) is 20.8 Å². The van der Waals surface area contributed by atoms with Crippen molar-refractivity contribution in [1.29, 1.82) is 0 Å². The van der Waals surface area contributed by atoms with Crippen LogP contribution in [0.15, 0.2) is 6.07 Å². The van der Waals surface area contributed by atoms with E-state index in [0.717, 1.165) is 16.7 Å². The van der Waals surface area contributed by atoms with Crippen molar-refractivity contribution in [2.75, 3.05) is 18.9 Å². The Kier molecular flexibility index (Phi) is 4.37. The maximum Gasteiger partial charge on any atom is 0.344 e. The Hall–Kier alpha value is -1.71. The van der Waals surface area contributed by atoms with E-state index in [-0.39, 0.29) is 12.6 Å². The maximum atomic E-state index is 11.2. The standard InChI is InChI=1S/C13H19NO3/c1-5-16-11(15)7-17-13-9(3)6-8(2)12(14)10(13)4/h6H,5,7,14H2,1-4H3. The second-order valence-electron chi connectivity index (χ2n) is 3.97. The molecule has 0 atom stereocenters. The molecule has 0 radical (unpaired) electrons. The summed E-state index contributed by atoms with van der Waals surface area (Å²) in [5.74, 6) is 0.298. The van der Waals surface area contributed by atoms with Crippen LogP contribution in [0.2, 0.25) is 0 Å². The Morgan fingerprint density at radius 2 is 1.94 bits per heavy atom. The Morgan fingerprint density at radius 3 is 2.53 bits per heavy atom. The van der Waals surface area contributed by atoms with E-state index in [4.69, 9.17) is 15.2 Å². The molecule has 0 aromatic heterocycles. The lowest BCUT2D eigenvalue weighted by atomic mass is 10.0. The van der Waals surface area contributed by atoms with Crippen LogP contribution >= 0.6 is 0 Å². The molecule has 0 saturated carbocycles. The van der Waals surface area contributed by atoms with Gasteiger partial charge in [-0.1, -0.05) is 6.07 Å². The molecule has 1 aromatic rings. The van der Waals surface area contributed by atoms with Crippen LogP contribution in [-0.4, -0.2) is 19.2 Å². The summed E-state index contributed by atoms with van der Waals surface area (Å²) < 4.78 is 10.3. The van der Waals surface area contributed by atoms with Gasteiger partial charge in [0.05, 0.1) is 6.61 Å². The first-order chi connectivity index (χ1) is 7.97. The molecule has 0 spiro atoms. The molecule has 1 aromatic carbocycles. The number of ether oxygens (including phenoxy) is 2. The number of rotatable bonds is 4. The van der Waals surface area contributed by atoms with Crippen LogP contribution in [0.25, 0.3) is 0 Å². The van der Waals surface area contributed by atoms with E-state index in [1.807, 2.05) is 26.8 Å². The molecule has 0 aliphatic heterocycles. The van der Waals surface area contributed by atoms with E-state index in [1.165, 1.54) is 0 Å². The molecule has 0 aliphatic carbocycles. The van der Waals surface area contributed by atoms with Crippen molar-refractivity contribution in [3.8, 4) is 5.75 Å². The highest BCUT2D eigenvalue weighted by molar-refractivity contribution is 5.71. The fraction of sp³-hybridized carbons (Fsp3) is 0.462. The monoisotopic (exact) mass is 237 g/mol. The fourth-order valence-electron chi connectivity index (χ4n) is 1.74. The Morgan fingerprint density at radius 1 is 1.29 bits per heavy atom. The zero-order valence-electron chi connectivity index (χ0n) is 10.8. The molecule has 2 N–H and O–H groups in total. The van der Waals surface area contributed by atoms with E-state index in [9.17, 15) is 4.79 Å². The van der Waals surface area contributed by atoms with Crippen LogP contribution in [0.3, 0.4) is 0 Å². The predicted octanol–water partition coefficient (Wildman–Crippen LogP) is 2.14. The number of benzene rings is 1. The van der Waals surface area contributed by atoms with Crippen molar-refractivity contribution in [2.24, 2.45) is 0 Å². The zero-order valence-corrected chi connectivity index (χ0v) is 10.8. The van der Waals surface area contributed by atoms with Gasteiger partial charge >= 0.3 is 5.97 Å². The minimum atomic E-state index is -0.370. The summed E-state index contributed by atoms with van der Waals surface area (Å²) in [5.41, 5.74) is 9.48. The number of aryl methyl sites for hydroxylation is 2. The number of esters is 1. The van der Waals surface area contributed by atoms with Gasteiger partial charge in [-0.25, -0.2) is 4.79 Å². The number of nitrogens with two attached hydrogens (primary N) is 1. The topological polar surface area (TPSA) is 61.5 Å². The first-order valence-electron chi connectivity index (χ1n) is 5.62. The largest absolute Gasteiger partial charge is 0.481 e. The number of carbonyl (C=O) groups is 1.